The molecule has 0 heterocycles. The van der Waals surface area contributed by atoms with Gasteiger partial charge in [-0.2, -0.15) is 0 Å². The molecule has 0 unspecified atom stereocenters. The number of aliphatic imine (C=N–C) groups is 1. The number of allylic oxidation sites excluding steroid dienone is 2. The first-order valence-corrected chi connectivity index (χ1v) is 11.3. The van der Waals surface area contributed by atoms with E-state index in [1.54, 1.807) is 36.4 Å². The van der Waals surface area contributed by atoms with E-state index >= 15 is 0 Å². The van der Waals surface area contributed by atoms with Crippen LogP contribution in [0.3, 0.4) is 0 Å². The number of aromatic hydroxyl groups is 1. The van der Waals surface area contributed by atoms with Crippen molar-refractivity contribution >= 4 is 28.2 Å². The Balaban J connectivity index is 2.20. The molecule has 1 atom stereocenters. The summed E-state index contributed by atoms with van der Waals surface area (Å²) in [6, 6.07) is 13.3. The van der Waals surface area contributed by atoms with Crippen LogP contribution in [0.25, 0.3) is 0 Å². The third-order valence-corrected chi connectivity index (χ3v) is 5.19. The molecule has 0 radical (unpaired) electrons. The van der Waals surface area contributed by atoms with Gasteiger partial charge in [0.15, 0.2) is 0 Å². The summed E-state index contributed by atoms with van der Waals surface area (Å²) in [6.07, 6.45) is 3.37. The highest BCUT2D eigenvalue weighted by Crippen LogP contribution is 2.14. The lowest BCUT2D eigenvalue weighted by Crippen LogP contribution is -2.42. The van der Waals surface area contributed by atoms with Crippen molar-refractivity contribution in [2.24, 2.45) is 4.99 Å². The molecule has 0 saturated carbocycles. The van der Waals surface area contributed by atoms with Crippen LogP contribution >= 0.6 is 0 Å². The van der Waals surface area contributed by atoms with Crippen LogP contribution in [-0.2, 0) is 28.5 Å². The number of rotatable bonds is 10. The van der Waals surface area contributed by atoms with Gasteiger partial charge in [-0.05, 0) is 62.1 Å². The fourth-order valence-electron chi connectivity index (χ4n) is 3.11. The van der Waals surface area contributed by atoms with Gasteiger partial charge in [-0.25, -0.2) is 8.42 Å². The van der Waals surface area contributed by atoms with Crippen LogP contribution in [0, 0.1) is 0 Å². The van der Waals surface area contributed by atoms with Crippen molar-refractivity contribution in [3.05, 3.63) is 71.4 Å². The molecule has 0 aliphatic carbocycles. The summed E-state index contributed by atoms with van der Waals surface area (Å²) in [4.78, 5) is 17.4. The maximum atomic E-state index is 12.7. The zero-order chi connectivity index (χ0) is 22.8. The van der Waals surface area contributed by atoms with Crippen molar-refractivity contribution in [2.75, 3.05) is 4.72 Å². The first-order valence-electron chi connectivity index (χ1n) is 10.1. The number of amides is 1. The predicted molar refractivity (Wildman–Crippen MR) is 125 cm³/mol. The Labute approximate surface area is 185 Å². The fourth-order valence-corrected chi connectivity index (χ4v) is 3.47. The molecule has 2 rings (SSSR count). The SMILES string of the molecule is C/C=C(CC)\N=C(/C)[C@H](Cc1ccc(N[SH](=O)=O)cc1)NC(=O)Cc1cccc(O)c1. The highest BCUT2D eigenvalue weighted by molar-refractivity contribution is 7.73. The van der Waals surface area contributed by atoms with E-state index in [2.05, 4.69) is 15.0 Å². The summed E-state index contributed by atoms with van der Waals surface area (Å²) in [5, 5.41) is 12.7. The minimum absolute atomic E-state index is 0.119. The molecule has 8 heteroatoms. The normalized spacial score (nSPS) is 13.2. The molecule has 166 valence electrons. The van der Waals surface area contributed by atoms with Gasteiger partial charge in [-0.3, -0.25) is 14.5 Å². The zero-order valence-electron chi connectivity index (χ0n) is 18.0. The maximum Gasteiger partial charge on any atom is 0.224 e. The van der Waals surface area contributed by atoms with E-state index < -0.39 is 10.9 Å². The Morgan fingerprint density at radius 1 is 1.16 bits per heavy atom. The van der Waals surface area contributed by atoms with E-state index in [1.165, 1.54) is 0 Å². The van der Waals surface area contributed by atoms with Crippen LogP contribution in [0.5, 0.6) is 5.75 Å². The number of phenols is 1. The summed E-state index contributed by atoms with van der Waals surface area (Å²) in [5.41, 5.74) is 3.85. The molecular formula is C23H29N3O4S. The van der Waals surface area contributed by atoms with Gasteiger partial charge >= 0.3 is 0 Å². The largest absolute Gasteiger partial charge is 0.508 e. The second kappa shape index (κ2) is 11.9. The lowest BCUT2D eigenvalue weighted by molar-refractivity contribution is -0.120. The quantitative estimate of drug-likeness (QED) is 0.333. The smallest absolute Gasteiger partial charge is 0.224 e. The van der Waals surface area contributed by atoms with Crippen LogP contribution in [0.2, 0.25) is 0 Å². The monoisotopic (exact) mass is 443 g/mol. The van der Waals surface area contributed by atoms with Crippen LogP contribution in [0.15, 0.2) is 65.3 Å². The van der Waals surface area contributed by atoms with Crippen molar-refractivity contribution < 1.29 is 18.3 Å². The Morgan fingerprint density at radius 3 is 2.45 bits per heavy atom. The third kappa shape index (κ3) is 8.25. The number of phenolic OH excluding ortho intramolecular Hbond substituents is 1. The van der Waals surface area contributed by atoms with Gasteiger partial charge < -0.3 is 10.4 Å². The minimum Gasteiger partial charge on any atom is -0.508 e. The first-order chi connectivity index (χ1) is 14.8. The summed E-state index contributed by atoms with van der Waals surface area (Å²) in [6.45, 7) is 5.84. The number of thiol groups is 1. The summed E-state index contributed by atoms with van der Waals surface area (Å²) < 4.78 is 24.0. The fraction of sp³-hybridized carbons (Fsp3) is 0.304. The third-order valence-electron chi connectivity index (χ3n) is 4.74. The van der Waals surface area contributed by atoms with E-state index in [0.29, 0.717) is 12.1 Å². The molecule has 2 aromatic rings. The first kappa shape index (κ1) is 24.1. The number of hydrogen-bond acceptors (Lipinski definition) is 5. The Bertz CT molecular complexity index is 1020. The molecule has 0 aromatic heterocycles. The molecule has 0 aliphatic heterocycles. The number of carbonyl (C=O) groups excluding carboxylic acids is 1. The molecule has 31 heavy (non-hydrogen) atoms. The highest BCUT2D eigenvalue weighted by Gasteiger charge is 2.17. The summed E-state index contributed by atoms with van der Waals surface area (Å²) >= 11 is 0. The van der Waals surface area contributed by atoms with Gasteiger partial charge in [0, 0.05) is 17.1 Å². The van der Waals surface area contributed by atoms with E-state index in [9.17, 15) is 18.3 Å². The number of carbonyl (C=O) groups is 1. The topological polar surface area (TPSA) is 108 Å². The number of benzene rings is 2. The standard InChI is InChI=1S/C23H29N3O4S/c1-4-19(5-2)24-16(3)22(14-17-9-11-20(12-10-17)26-31(29)30)25-23(28)15-18-7-6-8-21(27)13-18/h4,6-13,22,27,31H,5,14-15H2,1-3H3,(H,25,28)(H,26,29,30)/b19-4-,24-16+/t22-/m0/s1. The number of hydrogen-bond donors (Lipinski definition) is 4. The van der Waals surface area contributed by atoms with E-state index in [4.69, 9.17) is 0 Å². The molecule has 0 spiro atoms. The zero-order valence-corrected chi connectivity index (χ0v) is 18.9. The van der Waals surface area contributed by atoms with Crippen molar-refractivity contribution in [2.45, 2.75) is 46.1 Å². The van der Waals surface area contributed by atoms with Gasteiger partial charge in [0.25, 0.3) is 0 Å². The molecule has 0 bridgehead atoms. The predicted octanol–water partition coefficient (Wildman–Crippen LogP) is 3.38. The van der Waals surface area contributed by atoms with Crippen molar-refractivity contribution in [3.8, 4) is 5.75 Å². The Morgan fingerprint density at radius 2 is 1.87 bits per heavy atom. The number of anilines is 1. The molecule has 1 amide bonds. The molecule has 0 saturated heterocycles. The van der Waals surface area contributed by atoms with Gasteiger partial charge in [0.2, 0.25) is 16.8 Å². The second-order valence-corrected chi connectivity index (χ2v) is 7.86. The summed E-state index contributed by atoms with van der Waals surface area (Å²) in [5.74, 6) is -0.0564. The van der Waals surface area contributed by atoms with Gasteiger partial charge in [0.1, 0.15) is 5.75 Å². The lowest BCUT2D eigenvalue weighted by Gasteiger charge is -2.20. The molecular weight excluding hydrogens is 414 g/mol. The minimum atomic E-state index is -2.72. The molecule has 2 aromatic carbocycles. The Kier molecular flexibility index (Phi) is 9.27. The maximum absolute atomic E-state index is 12.7. The lowest BCUT2D eigenvalue weighted by atomic mass is 10.0. The van der Waals surface area contributed by atoms with Crippen LogP contribution in [-0.4, -0.2) is 31.2 Å². The van der Waals surface area contributed by atoms with Crippen LogP contribution in [0.4, 0.5) is 5.69 Å². The molecule has 0 fully saturated rings. The second-order valence-electron chi connectivity index (χ2n) is 7.12. The van der Waals surface area contributed by atoms with E-state index in [-0.39, 0.29) is 24.1 Å². The number of nitrogens with one attached hydrogen (secondary N) is 2. The van der Waals surface area contributed by atoms with Gasteiger partial charge in [-0.1, -0.05) is 37.3 Å². The van der Waals surface area contributed by atoms with E-state index in [1.807, 2.05) is 39.0 Å². The van der Waals surface area contributed by atoms with Crippen molar-refractivity contribution in [3.63, 3.8) is 0 Å². The average molecular weight is 444 g/mol. The van der Waals surface area contributed by atoms with Gasteiger partial charge in [-0.15, -0.1) is 0 Å². The average Bonchev–Trinajstić information content (AvgIpc) is 2.72. The summed E-state index contributed by atoms with van der Waals surface area (Å²) in [7, 11) is -2.72. The Hall–Kier alpha value is -3.13. The number of nitrogens with zero attached hydrogens (tertiary/aromatic N) is 1. The van der Waals surface area contributed by atoms with Crippen molar-refractivity contribution in [1.82, 2.24) is 5.32 Å². The van der Waals surface area contributed by atoms with Crippen LogP contribution in [0.1, 0.15) is 38.3 Å². The van der Waals surface area contributed by atoms with E-state index in [0.717, 1.165) is 29.0 Å². The van der Waals surface area contributed by atoms with Crippen LogP contribution < -0.4 is 10.0 Å². The highest BCUT2D eigenvalue weighted by atomic mass is 32.2. The van der Waals surface area contributed by atoms with Gasteiger partial charge in [0.05, 0.1) is 12.5 Å². The molecule has 7 nitrogen and oxygen atoms in total. The molecule has 3 N–H and O–H groups in total. The van der Waals surface area contributed by atoms with Crippen molar-refractivity contribution in [1.29, 1.82) is 0 Å². The molecule has 0 aliphatic rings.